The van der Waals surface area contributed by atoms with Crippen molar-refractivity contribution in [1.82, 2.24) is 29.6 Å². The zero-order chi connectivity index (χ0) is 34.6. The van der Waals surface area contributed by atoms with Gasteiger partial charge in [-0.3, -0.25) is 29.1 Å². The summed E-state index contributed by atoms with van der Waals surface area (Å²) in [6.45, 7) is 13.1. The van der Waals surface area contributed by atoms with Crippen molar-refractivity contribution in [2.24, 2.45) is 17.5 Å². The summed E-state index contributed by atoms with van der Waals surface area (Å²) < 4.78 is 10.5. The number of esters is 1. The Balaban J connectivity index is 1.48. The number of carbonyl (C=O) groups excluding carboxylic acids is 4. The van der Waals surface area contributed by atoms with Crippen molar-refractivity contribution in [2.75, 3.05) is 83.9 Å². The third-order valence-electron chi connectivity index (χ3n) is 7.77. The molecule has 0 radical (unpaired) electrons. The summed E-state index contributed by atoms with van der Waals surface area (Å²) >= 11 is 6.38. The number of rotatable bonds is 13. The SMILES string of the molecule is CCOC(=O)CN1CCC(CN2CCN(C(=O)c3ccc(NC(=O)CN(CCN(N)/C=C\N)C(=O)OC(C)(C)C)c(Cl)n3)CC2)CC1. The van der Waals surface area contributed by atoms with Crippen LogP contribution in [0.25, 0.3) is 0 Å². The number of piperidine rings is 1. The van der Waals surface area contributed by atoms with Gasteiger partial charge in [-0.15, -0.1) is 0 Å². The minimum Gasteiger partial charge on any atom is -0.465 e. The molecule has 0 unspecified atom stereocenters. The number of halogens is 1. The van der Waals surface area contributed by atoms with Crippen LogP contribution >= 0.6 is 11.6 Å². The fourth-order valence-corrected chi connectivity index (χ4v) is 5.57. The molecule has 5 N–H and O–H groups in total. The number of likely N-dealkylation sites (tertiary alicyclic amines) is 1. The van der Waals surface area contributed by atoms with E-state index in [-0.39, 0.29) is 48.0 Å². The van der Waals surface area contributed by atoms with Crippen molar-refractivity contribution in [2.45, 2.75) is 46.1 Å². The predicted molar refractivity (Wildman–Crippen MR) is 178 cm³/mol. The van der Waals surface area contributed by atoms with Crippen molar-refractivity contribution >= 4 is 41.2 Å². The fourth-order valence-electron chi connectivity index (χ4n) is 5.37. The largest absolute Gasteiger partial charge is 0.465 e. The van der Waals surface area contributed by atoms with Crippen LogP contribution in [0.3, 0.4) is 0 Å². The maximum atomic E-state index is 13.2. The van der Waals surface area contributed by atoms with Gasteiger partial charge in [0.05, 0.1) is 25.4 Å². The Morgan fingerprint density at radius 2 is 1.74 bits per heavy atom. The van der Waals surface area contributed by atoms with E-state index in [9.17, 15) is 19.2 Å². The van der Waals surface area contributed by atoms with E-state index in [1.807, 2.05) is 6.92 Å². The minimum atomic E-state index is -0.765. The first-order chi connectivity index (χ1) is 22.3. The highest BCUT2D eigenvalue weighted by molar-refractivity contribution is 6.32. The molecule has 2 fully saturated rings. The average molecular weight is 680 g/mol. The van der Waals surface area contributed by atoms with Crippen molar-refractivity contribution in [1.29, 1.82) is 0 Å². The van der Waals surface area contributed by atoms with Gasteiger partial charge in [-0.05, 0) is 71.7 Å². The fraction of sp³-hybridized carbons (Fsp3) is 0.645. The number of amides is 3. The van der Waals surface area contributed by atoms with Crippen molar-refractivity contribution in [3.05, 3.63) is 35.4 Å². The molecule has 0 aromatic carbocycles. The first-order valence-corrected chi connectivity index (χ1v) is 16.4. The van der Waals surface area contributed by atoms with E-state index in [1.165, 1.54) is 34.4 Å². The van der Waals surface area contributed by atoms with Gasteiger partial charge in [0.25, 0.3) is 5.91 Å². The standard InChI is InChI=1S/C31H50ClN9O6/c1-5-46-27(43)22-37-11-8-23(9-12-37)20-38-14-16-39(17-15-38)29(44)25-7-6-24(28(32)36-25)35-26(42)21-40(18-19-41(34)13-10-33)30(45)47-31(2,3)4/h6-7,10,13,23H,5,8-9,11-12,14-22,33-34H2,1-4H3,(H,35,42)/b13-10-. The maximum Gasteiger partial charge on any atom is 0.410 e. The molecule has 3 rings (SSSR count). The van der Waals surface area contributed by atoms with Crippen LogP contribution in [-0.2, 0) is 19.1 Å². The van der Waals surface area contributed by atoms with Crippen LogP contribution < -0.4 is 16.9 Å². The summed E-state index contributed by atoms with van der Waals surface area (Å²) in [5.74, 6) is 5.43. The highest BCUT2D eigenvalue weighted by atomic mass is 35.5. The third-order valence-corrected chi connectivity index (χ3v) is 8.06. The number of aromatic nitrogens is 1. The lowest BCUT2D eigenvalue weighted by atomic mass is 9.96. The molecule has 0 spiro atoms. The van der Waals surface area contributed by atoms with Crippen molar-refractivity contribution < 1.29 is 28.7 Å². The Kier molecular flexibility index (Phi) is 14.5. The number of hydrogen-bond donors (Lipinski definition) is 3. The Morgan fingerprint density at radius 3 is 2.34 bits per heavy atom. The lowest BCUT2D eigenvalue weighted by molar-refractivity contribution is -0.144. The molecule has 262 valence electrons. The van der Waals surface area contributed by atoms with Gasteiger partial charge in [0, 0.05) is 51.7 Å². The Bertz CT molecular complexity index is 1240. The molecule has 3 amide bonds. The number of piperazine rings is 1. The highest BCUT2D eigenvalue weighted by Crippen LogP contribution is 2.22. The minimum absolute atomic E-state index is 0.0397. The van der Waals surface area contributed by atoms with E-state index in [0.717, 1.165) is 45.6 Å². The molecule has 0 aliphatic carbocycles. The lowest BCUT2D eigenvalue weighted by Gasteiger charge is -2.38. The molecule has 2 saturated heterocycles. The summed E-state index contributed by atoms with van der Waals surface area (Å²) in [5, 5.41) is 3.90. The number of hydrogen-bond acceptors (Lipinski definition) is 12. The monoisotopic (exact) mass is 679 g/mol. The second-order valence-electron chi connectivity index (χ2n) is 12.7. The molecule has 3 heterocycles. The van der Waals surface area contributed by atoms with Gasteiger partial charge in [-0.2, -0.15) is 0 Å². The Morgan fingerprint density at radius 1 is 1.06 bits per heavy atom. The Labute approximate surface area is 282 Å². The molecule has 1 aromatic rings. The molecule has 0 saturated carbocycles. The molecule has 0 bridgehead atoms. The number of nitrogens with two attached hydrogens (primary N) is 2. The Hall–Kier alpha value is -3.66. The normalized spacial score (nSPS) is 16.6. The maximum absolute atomic E-state index is 13.2. The summed E-state index contributed by atoms with van der Waals surface area (Å²) in [4.78, 5) is 62.4. The van der Waals surface area contributed by atoms with Crippen LogP contribution in [0.4, 0.5) is 10.5 Å². The van der Waals surface area contributed by atoms with E-state index in [0.29, 0.717) is 32.2 Å². The van der Waals surface area contributed by atoms with Gasteiger partial charge in [-0.1, -0.05) is 11.6 Å². The number of pyridine rings is 1. The zero-order valence-electron chi connectivity index (χ0n) is 28.0. The molecule has 15 nitrogen and oxygen atoms in total. The second kappa shape index (κ2) is 18.0. The molecule has 2 aliphatic heterocycles. The van der Waals surface area contributed by atoms with E-state index < -0.39 is 17.6 Å². The summed E-state index contributed by atoms with van der Waals surface area (Å²) in [6, 6.07) is 3.05. The summed E-state index contributed by atoms with van der Waals surface area (Å²) in [6.07, 6.45) is 4.07. The van der Waals surface area contributed by atoms with Gasteiger partial charge >= 0.3 is 12.1 Å². The molecule has 0 atom stereocenters. The first-order valence-electron chi connectivity index (χ1n) is 16.0. The van der Waals surface area contributed by atoms with Crippen molar-refractivity contribution in [3.8, 4) is 0 Å². The summed E-state index contributed by atoms with van der Waals surface area (Å²) in [7, 11) is 0. The molecule has 47 heavy (non-hydrogen) atoms. The third kappa shape index (κ3) is 12.8. The quantitative estimate of drug-likeness (QED) is 0.119. The summed E-state index contributed by atoms with van der Waals surface area (Å²) in [5.41, 5.74) is 4.99. The zero-order valence-corrected chi connectivity index (χ0v) is 28.7. The van der Waals surface area contributed by atoms with Crippen LogP contribution in [0, 0.1) is 5.92 Å². The average Bonchev–Trinajstić information content (AvgIpc) is 3.00. The van der Waals surface area contributed by atoms with Crippen LogP contribution in [-0.4, -0.2) is 138 Å². The van der Waals surface area contributed by atoms with Gasteiger partial charge < -0.3 is 30.4 Å². The predicted octanol–water partition coefficient (Wildman–Crippen LogP) is 1.55. The number of nitrogens with one attached hydrogen (secondary N) is 1. The van der Waals surface area contributed by atoms with Crippen LogP contribution in [0.1, 0.15) is 51.0 Å². The number of nitrogens with zero attached hydrogens (tertiary/aromatic N) is 6. The number of carbonyl (C=O) groups is 4. The molecular weight excluding hydrogens is 630 g/mol. The van der Waals surface area contributed by atoms with Gasteiger partial charge in [-0.25, -0.2) is 15.6 Å². The number of hydrazine groups is 1. The molecule has 2 aliphatic rings. The van der Waals surface area contributed by atoms with E-state index in [2.05, 4.69) is 20.1 Å². The van der Waals surface area contributed by atoms with Crippen LogP contribution in [0.15, 0.2) is 24.5 Å². The highest BCUT2D eigenvalue weighted by Gasteiger charge is 2.28. The number of ether oxygens (including phenoxy) is 2. The lowest BCUT2D eigenvalue weighted by Crippen LogP contribution is -2.50. The first kappa shape index (κ1) is 37.8. The van der Waals surface area contributed by atoms with Crippen molar-refractivity contribution in [3.63, 3.8) is 0 Å². The second-order valence-corrected chi connectivity index (χ2v) is 13.0. The molecule has 16 heteroatoms. The van der Waals surface area contributed by atoms with E-state index >= 15 is 0 Å². The van der Waals surface area contributed by atoms with Crippen LogP contribution in [0.2, 0.25) is 5.15 Å². The number of anilines is 1. The van der Waals surface area contributed by atoms with E-state index in [1.54, 1.807) is 25.7 Å². The smallest absolute Gasteiger partial charge is 0.410 e. The van der Waals surface area contributed by atoms with Crippen LogP contribution in [0.5, 0.6) is 0 Å². The van der Waals surface area contributed by atoms with Gasteiger partial charge in [0.1, 0.15) is 17.8 Å². The van der Waals surface area contributed by atoms with Gasteiger partial charge in [0.15, 0.2) is 5.15 Å². The molecular formula is C31H50ClN9O6. The molecule has 1 aromatic heterocycles. The topological polar surface area (TPSA) is 180 Å². The van der Waals surface area contributed by atoms with Gasteiger partial charge in [0.2, 0.25) is 5.91 Å². The van der Waals surface area contributed by atoms with E-state index in [4.69, 9.17) is 32.7 Å².